The molecule has 0 spiro atoms. The molecule has 1 aliphatic heterocycles. The maximum absolute atomic E-state index is 12.0. The van der Waals surface area contributed by atoms with E-state index in [1.807, 2.05) is 0 Å². The first-order chi connectivity index (χ1) is 8.47. The number of carbonyl (C=O) groups excluding carboxylic acids is 2. The molecule has 0 aliphatic carbocycles. The van der Waals surface area contributed by atoms with Crippen LogP contribution in [-0.2, 0) is 14.3 Å². The molecule has 6 heteroatoms. The van der Waals surface area contributed by atoms with Crippen molar-refractivity contribution in [2.75, 3.05) is 13.1 Å². The van der Waals surface area contributed by atoms with Crippen molar-refractivity contribution in [1.29, 1.82) is 0 Å². The van der Waals surface area contributed by atoms with Crippen molar-refractivity contribution >= 4 is 17.8 Å². The maximum Gasteiger partial charge on any atom is 0.410 e. The van der Waals surface area contributed by atoms with E-state index in [1.54, 1.807) is 27.7 Å². The fourth-order valence-electron chi connectivity index (χ4n) is 2.12. The highest BCUT2D eigenvalue weighted by Crippen LogP contribution is 2.30. The lowest BCUT2D eigenvalue weighted by Gasteiger charge is -2.39. The van der Waals surface area contributed by atoms with Gasteiger partial charge in [-0.1, -0.05) is 6.92 Å². The van der Waals surface area contributed by atoms with E-state index in [9.17, 15) is 19.5 Å². The molecule has 0 unspecified atom stereocenters. The molecule has 1 amide bonds. The quantitative estimate of drug-likeness (QED) is 0.731. The minimum Gasteiger partial charge on any atom is -0.480 e. The number of carbonyl (C=O) groups is 3. The Morgan fingerprint density at radius 1 is 1.42 bits per heavy atom. The van der Waals surface area contributed by atoms with E-state index in [2.05, 4.69) is 0 Å². The van der Waals surface area contributed by atoms with Gasteiger partial charge in [0.05, 0.1) is 0 Å². The molecule has 2 atom stereocenters. The van der Waals surface area contributed by atoms with Gasteiger partial charge in [0.1, 0.15) is 11.0 Å². The average molecular weight is 271 g/mol. The summed E-state index contributed by atoms with van der Waals surface area (Å²) >= 11 is 0. The molecule has 0 saturated carbocycles. The SMILES string of the molecule is C[C@@H]1CN(C(=O)OC(C)(C)C)C[C@@](C)(C(=O)O)C1=O. The van der Waals surface area contributed by atoms with Crippen LogP contribution in [0.5, 0.6) is 0 Å². The van der Waals surface area contributed by atoms with Gasteiger partial charge in [0.15, 0.2) is 5.78 Å². The first kappa shape index (κ1) is 15.5. The zero-order valence-electron chi connectivity index (χ0n) is 12.0. The van der Waals surface area contributed by atoms with Crippen molar-refractivity contribution in [2.24, 2.45) is 11.3 Å². The number of carboxylic acid groups (broad SMARTS) is 1. The minimum absolute atomic E-state index is 0.152. The Kier molecular flexibility index (Phi) is 3.93. The van der Waals surface area contributed by atoms with Gasteiger partial charge in [-0.2, -0.15) is 0 Å². The predicted octanol–water partition coefficient (Wildman–Crippen LogP) is 1.53. The van der Waals surface area contributed by atoms with E-state index < -0.39 is 29.0 Å². The summed E-state index contributed by atoms with van der Waals surface area (Å²) < 4.78 is 5.22. The van der Waals surface area contributed by atoms with Crippen LogP contribution in [0, 0.1) is 11.3 Å². The Bertz CT molecular complexity index is 412. The molecule has 0 radical (unpaired) electrons. The summed E-state index contributed by atoms with van der Waals surface area (Å²) in [5.74, 6) is -2.07. The zero-order valence-corrected chi connectivity index (χ0v) is 12.0. The van der Waals surface area contributed by atoms with E-state index in [-0.39, 0.29) is 18.9 Å². The number of amides is 1. The molecule has 1 fully saturated rings. The molecule has 0 bridgehead atoms. The molecule has 1 heterocycles. The van der Waals surface area contributed by atoms with Crippen LogP contribution in [0.1, 0.15) is 34.6 Å². The second-order valence-electron chi connectivity index (χ2n) is 6.26. The molecule has 1 aliphatic rings. The van der Waals surface area contributed by atoms with Crippen molar-refractivity contribution in [3.05, 3.63) is 0 Å². The number of rotatable bonds is 1. The van der Waals surface area contributed by atoms with Crippen LogP contribution in [0.25, 0.3) is 0 Å². The summed E-state index contributed by atoms with van der Waals surface area (Å²) in [4.78, 5) is 36.5. The van der Waals surface area contributed by atoms with Gasteiger partial charge >= 0.3 is 12.1 Å². The van der Waals surface area contributed by atoms with Crippen LogP contribution in [0.15, 0.2) is 0 Å². The first-order valence-corrected chi connectivity index (χ1v) is 6.23. The van der Waals surface area contributed by atoms with Crippen LogP contribution in [0.2, 0.25) is 0 Å². The summed E-state index contributed by atoms with van der Waals surface area (Å²) in [6.07, 6.45) is -0.584. The van der Waals surface area contributed by atoms with Crippen molar-refractivity contribution in [1.82, 2.24) is 4.90 Å². The smallest absolute Gasteiger partial charge is 0.410 e. The highest BCUT2D eigenvalue weighted by Gasteiger charge is 2.50. The number of ketones is 1. The fourth-order valence-corrected chi connectivity index (χ4v) is 2.12. The summed E-state index contributed by atoms with van der Waals surface area (Å²) in [6.45, 7) is 8.22. The summed E-state index contributed by atoms with van der Waals surface area (Å²) in [5.41, 5.74) is -2.21. The highest BCUT2D eigenvalue weighted by atomic mass is 16.6. The number of hydrogen-bond acceptors (Lipinski definition) is 4. The molecule has 108 valence electrons. The Labute approximate surface area is 112 Å². The van der Waals surface area contributed by atoms with E-state index >= 15 is 0 Å². The van der Waals surface area contributed by atoms with Gasteiger partial charge < -0.3 is 14.7 Å². The topological polar surface area (TPSA) is 83.9 Å². The molecular formula is C13H21NO5. The number of hydrogen-bond donors (Lipinski definition) is 1. The van der Waals surface area contributed by atoms with Crippen LogP contribution >= 0.6 is 0 Å². The molecule has 1 N–H and O–H groups in total. The maximum atomic E-state index is 12.0. The lowest BCUT2D eigenvalue weighted by Crippen LogP contribution is -2.57. The van der Waals surface area contributed by atoms with Crippen LogP contribution in [-0.4, -0.2) is 46.5 Å². The van der Waals surface area contributed by atoms with Crippen molar-refractivity contribution in [2.45, 2.75) is 40.2 Å². The molecule has 0 aromatic heterocycles. The summed E-state index contributed by atoms with van der Waals surface area (Å²) in [7, 11) is 0. The number of piperidine rings is 1. The van der Waals surface area contributed by atoms with E-state index in [0.29, 0.717) is 0 Å². The highest BCUT2D eigenvalue weighted by molar-refractivity contribution is 6.05. The second kappa shape index (κ2) is 4.83. The zero-order chi connectivity index (χ0) is 15.0. The van der Waals surface area contributed by atoms with Crippen LogP contribution in [0.3, 0.4) is 0 Å². The largest absolute Gasteiger partial charge is 0.480 e. The number of Topliss-reactive ketones (excluding diaryl/α,β-unsaturated/α-hetero) is 1. The normalized spacial score (nSPS) is 28.2. The lowest BCUT2D eigenvalue weighted by molar-refractivity contribution is -0.159. The number of carboxylic acids is 1. The molecule has 1 saturated heterocycles. The minimum atomic E-state index is -1.56. The standard InChI is InChI=1S/C13H21NO5/c1-8-6-14(11(18)19-12(2,3)4)7-13(5,9(8)15)10(16)17/h8H,6-7H2,1-5H3,(H,16,17)/t8-,13-/m1/s1. The summed E-state index contributed by atoms with van der Waals surface area (Å²) in [5, 5.41) is 9.22. The van der Waals surface area contributed by atoms with Gasteiger partial charge in [-0.3, -0.25) is 9.59 Å². The summed E-state index contributed by atoms with van der Waals surface area (Å²) in [6, 6.07) is 0. The monoisotopic (exact) mass is 271 g/mol. The number of ether oxygens (including phenoxy) is 1. The predicted molar refractivity (Wildman–Crippen MR) is 67.7 cm³/mol. The fraction of sp³-hybridized carbons (Fsp3) is 0.769. The van der Waals surface area contributed by atoms with Gasteiger partial charge in [0.2, 0.25) is 0 Å². The molecule has 6 nitrogen and oxygen atoms in total. The lowest BCUT2D eigenvalue weighted by atomic mass is 9.76. The van der Waals surface area contributed by atoms with Gasteiger partial charge in [-0.05, 0) is 27.7 Å². The van der Waals surface area contributed by atoms with Crippen LogP contribution in [0.4, 0.5) is 4.79 Å². The third-order valence-corrected chi connectivity index (χ3v) is 3.12. The van der Waals surface area contributed by atoms with Gasteiger partial charge in [-0.15, -0.1) is 0 Å². The van der Waals surface area contributed by atoms with Gasteiger partial charge in [0.25, 0.3) is 0 Å². The molecule has 1 rings (SSSR count). The van der Waals surface area contributed by atoms with Crippen LogP contribution < -0.4 is 0 Å². The number of aliphatic carboxylic acids is 1. The molecule has 0 aromatic rings. The molecule has 19 heavy (non-hydrogen) atoms. The van der Waals surface area contributed by atoms with E-state index in [4.69, 9.17) is 4.74 Å². The molecular weight excluding hydrogens is 250 g/mol. The Morgan fingerprint density at radius 3 is 2.37 bits per heavy atom. The van der Waals surface area contributed by atoms with E-state index in [0.717, 1.165) is 0 Å². The average Bonchev–Trinajstić information content (AvgIpc) is 2.22. The Hall–Kier alpha value is -1.59. The first-order valence-electron chi connectivity index (χ1n) is 6.23. The van der Waals surface area contributed by atoms with Gasteiger partial charge in [0, 0.05) is 19.0 Å². The number of nitrogens with zero attached hydrogens (tertiary/aromatic N) is 1. The van der Waals surface area contributed by atoms with E-state index in [1.165, 1.54) is 11.8 Å². The third kappa shape index (κ3) is 3.24. The third-order valence-electron chi connectivity index (χ3n) is 3.12. The molecule has 0 aromatic carbocycles. The Morgan fingerprint density at radius 2 is 1.95 bits per heavy atom. The second-order valence-corrected chi connectivity index (χ2v) is 6.26. The van der Waals surface area contributed by atoms with Crippen molar-refractivity contribution in [3.8, 4) is 0 Å². The number of likely N-dealkylation sites (tertiary alicyclic amines) is 1. The van der Waals surface area contributed by atoms with Crippen molar-refractivity contribution in [3.63, 3.8) is 0 Å². The van der Waals surface area contributed by atoms with Crippen molar-refractivity contribution < 1.29 is 24.2 Å². The van der Waals surface area contributed by atoms with Gasteiger partial charge in [-0.25, -0.2) is 4.79 Å². The Balaban J connectivity index is 2.92.